The summed E-state index contributed by atoms with van der Waals surface area (Å²) in [6, 6.07) is 16.1. The molecule has 2 amide bonds. The molecular weight excluding hydrogens is 697 g/mol. The van der Waals surface area contributed by atoms with E-state index in [1.165, 1.54) is 18.0 Å². The minimum Gasteiger partial charge on any atom is -0.444 e. The molecule has 0 saturated carbocycles. The molecule has 4 aromatic rings. The maximum absolute atomic E-state index is 13.0. The van der Waals surface area contributed by atoms with Gasteiger partial charge in [0.05, 0.1) is 46.9 Å². The largest absolute Gasteiger partial charge is 0.444 e. The second-order valence-electron chi connectivity index (χ2n) is 15.8. The molecule has 54 heavy (non-hydrogen) atoms. The summed E-state index contributed by atoms with van der Waals surface area (Å²) in [7, 11) is 2.13. The van der Waals surface area contributed by atoms with Gasteiger partial charge in [0.1, 0.15) is 17.2 Å². The average Bonchev–Trinajstić information content (AvgIpc) is 4.00. The van der Waals surface area contributed by atoms with Crippen LogP contribution in [-0.2, 0) is 9.53 Å². The van der Waals surface area contributed by atoms with Crippen LogP contribution in [0.3, 0.4) is 0 Å². The maximum atomic E-state index is 13.0. The number of nitrogens with two attached hydrogens (primary N) is 1. The number of imidazole rings is 2. The Hall–Kier alpha value is -4.55. The van der Waals surface area contributed by atoms with E-state index >= 15 is 0 Å². The van der Waals surface area contributed by atoms with Crippen LogP contribution < -0.4 is 5.73 Å². The number of likely N-dealkylation sites (tertiary alicyclic amines) is 2. The maximum Gasteiger partial charge on any atom is 0.410 e. The summed E-state index contributed by atoms with van der Waals surface area (Å²) in [4.78, 5) is 47.9. The number of hydrogen-bond acceptors (Lipinski definition) is 8. The van der Waals surface area contributed by atoms with Gasteiger partial charge in [-0.2, -0.15) is 0 Å². The lowest BCUT2D eigenvalue weighted by Crippen LogP contribution is -2.46. The Labute approximate surface area is 324 Å². The number of benzene rings is 2. The topological polar surface area (TPSA) is 136 Å². The van der Waals surface area contributed by atoms with Crippen molar-refractivity contribution in [3.63, 3.8) is 0 Å². The second kappa shape index (κ2) is 16.9. The van der Waals surface area contributed by atoms with Crippen molar-refractivity contribution in [2.24, 2.45) is 11.7 Å². The third-order valence-electron chi connectivity index (χ3n) is 10.3. The van der Waals surface area contributed by atoms with Gasteiger partial charge in [-0.25, -0.2) is 14.8 Å². The van der Waals surface area contributed by atoms with Gasteiger partial charge in [0.2, 0.25) is 5.91 Å². The standard InChI is InChI=1S/C36H45N7O3.C6H11NS/c1-22(2)31(37)34(44)42-18-6-8-29(42)32-38-20-27(40-32)25-14-10-23(11-15-25)24-12-16-26(17-13-24)28-21-39-33(41-28)30-9-7-19-43(30)35(45)46-36(3,4)5;1-7-5-3-4-6(7)8-2/h10-17,20-22,29-31H,6-9,18-19,37H2,1-5H3,(H,38,40)(H,39,41);4H,3,5H2,1-2H3/t29-,30+,31+;/m0./s1. The van der Waals surface area contributed by atoms with Crippen LogP contribution in [0, 0.1) is 5.92 Å². The van der Waals surface area contributed by atoms with Crippen molar-refractivity contribution in [1.29, 1.82) is 0 Å². The van der Waals surface area contributed by atoms with E-state index in [1.54, 1.807) is 4.90 Å². The van der Waals surface area contributed by atoms with E-state index in [0.717, 1.165) is 71.0 Å². The number of carbonyl (C=O) groups excluding carboxylic acids is 2. The molecule has 0 bridgehead atoms. The SMILES string of the molecule is CC(C)[C@@H](N)C(=O)N1CCC[C@H]1c1ncc(-c2ccc(-c3ccc(-c4cnc([C@H]5CCCN5C(=O)OC(C)(C)C)[nH]4)cc3)cc2)[nH]1.CSC1=CCCN1C. The van der Waals surface area contributed by atoms with Crippen LogP contribution in [-0.4, -0.2) is 91.2 Å². The number of hydrogen-bond donors (Lipinski definition) is 3. The van der Waals surface area contributed by atoms with E-state index in [9.17, 15) is 9.59 Å². The molecule has 5 heterocycles. The Morgan fingerprint density at radius 2 is 1.30 bits per heavy atom. The number of nitrogens with one attached hydrogen (secondary N) is 2. The summed E-state index contributed by atoms with van der Waals surface area (Å²) in [5.41, 5.74) is 11.8. The third-order valence-corrected chi connectivity index (χ3v) is 11.2. The zero-order chi connectivity index (χ0) is 38.6. The Morgan fingerprint density at radius 3 is 1.72 bits per heavy atom. The van der Waals surface area contributed by atoms with Crippen molar-refractivity contribution in [2.75, 3.05) is 32.9 Å². The summed E-state index contributed by atoms with van der Waals surface area (Å²) in [6.07, 6.45) is 12.6. The van der Waals surface area contributed by atoms with Crippen LogP contribution in [0.4, 0.5) is 4.79 Å². The quantitative estimate of drug-likeness (QED) is 0.163. The van der Waals surface area contributed by atoms with E-state index in [0.29, 0.717) is 13.1 Å². The zero-order valence-corrected chi connectivity index (χ0v) is 33.6. The van der Waals surface area contributed by atoms with E-state index in [-0.39, 0.29) is 30.0 Å². The molecule has 11 nitrogen and oxygen atoms in total. The average molecular weight is 753 g/mol. The molecule has 2 aromatic carbocycles. The van der Waals surface area contributed by atoms with Crippen molar-refractivity contribution < 1.29 is 14.3 Å². The minimum atomic E-state index is -0.536. The van der Waals surface area contributed by atoms with E-state index in [1.807, 2.05) is 63.7 Å². The molecule has 0 radical (unpaired) electrons. The van der Waals surface area contributed by atoms with Crippen molar-refractivity contribution in [1.82, 2.24) is 34.6 Å². The van der Waals surface area contributed by atoms with E-state index in [4.69, 9.17) is 10.5 Å². The summed E-state index contributed by atoms with van der Waals surface area (Å²) in [5, 5.41) is 1.42. The lowest BCUT2D eigenvalue weighted by molar-refractivity contribution is -0.134. The highest BCUT2D eigenvalue weighted by atomic mass is 32.2. The highest BCUT2D eigenvalue weighted by Crippen LogP contribution is 2.35. The minimum absolute atomic E-state index is 0.00236. The number of amides is 2. The predicted octanol–water partition coefficient (Wildman–Crippen LogP) is 8.38. The van der Waals surface area contributed by atoms with Gasteiger partial charge in [-0.1, -0.05) is 68.5 Å². The Kier molecular flexibility index (Phi) is 12.2. The number of H-pyrrole nitrogens is 2. The van der Waals surface area contributed by atoms with E-state index in [2.05, 4.69) is 92.7 Å². The number of nitrogens with zero attached hydrogens (tertiary/aromatic N) is 5. The fraction of sp³-hybridized carbons (Fsp3) is 0.476. The summed E-state index contributed by atoms with van der Waals surface area (Å²) in [6.45, 7) is 12.2. The number of rotatable bonds is 8. The first-order chi connectivity index (χ1) is 25.8. The molecule has 288 valence electrons. The number of thioether (sulfide) groups is 1. The predicted molar refractivity (Wildman–Crippen MR) is 217 cm³/mol. The zero-order valence-electron chi connectivity index (χ0n) is 32.8. The third kappa shape index (κ3) is 9.03. The molecule has 7 rings (SSSR count). The lowest BCUT2D eigenvalue weighted by Gasteiger charge is -2.27. The summed E-state index contributed by atoms with van der Waals surface area (Å²) < 4.78 is 5.62. The van der Waals surface area contributed by atoms with Crippen LogP contribution >= 0.6 is 11.8 Å². The van der Waals surface area contributed by atoms with Gasteiger partial charge in [0, 0.05) is 26.7 Å². The van der Waals surface area contributed by atoms with Crippen LogP contribution in [0.5, 0.6) is 0 Å². The lowest BCUT2D eigenvalue weighted by atomic mass is 10.0. The highest BCUT2D eigenvalue weighted by Gasteiger charge is 2.36. The van der Waals surface area contributed by atoms with Gasteiger partial charge < -0.3 is 30.2 Å². The van der Waals surface area contributed by atoms with Gasteiger partial charge in [-0.3, -0.25) is 9.69 Å². The Balaban J connectivity index is 0.000000552. The molecule has 2 fully saturated rings. The first-order valence-corrected chi connectivity index (χ1v) is 20.4. The van der Waals surface area contributed by atoms with Gasteiger partial charge in [0.15, 0.2) is 0 Å². The van der Waals surface area contributed by atoms with Crippen LogP contribution in [0.2, 0.25) is 0 Å². The molecule has 4 N–H and O–H groups in total. The normalized spacial score (nSPS) is 19.2. The Bertz CT molecular complexity index is 1910. The fourth-order valence-electron chi connectivity index (χ4n) is 7.26. The first-order valence-electron chi connectivity index (χ1n) is 19.1. The molecule has 2 saturated heterocycles. The Morgan fingerprint density at radius 1 is 0.815 bits per heavy atom. The van der Waals surface area contributed by atoms with Gasteiger partial charge in [-0.15, -0.1) is 11.8 Å². The first kappa shape index (κ1) is 39.2. The highest BCUT2D eigenvalue weighted by molar-refractivity contribution is 8.02. The van der Waals surface area contributed by atoms with Crippen molar-refractivity contribution in [3.8, 4) is 33.6 Å². The molecular formula is C42H56N8O3S. The van der Waals surface area contributed by atoms with E-state index < -0.39 is 11.6 Å². The molecule has 3 aliphatic rings. The number of carbonyl (C=O) groups is 2. The molecule has 2 aromatic heterocycles. The molecule has 0 spiro atoms. The number of aromatic nitrogens is 4. The molecule has 3 aliphatic heterocycles. The van der Waals surface area contributed by atoms with Gasteiger partial charge in [-0.05, 0) is 87.3 Å². The van der Waals surface area contributed by atoms with Gasteiger partial charge in [0.25, 0.3) is 0 Å². The van der Waals surface area contributed by atoms with Crippen LogP contribution in [0.15, 0.2) is 72.0 Å². The molecule has 12 heteroatoms. The second-order valence-corrected chi connectivity index (χ2v) is 16.6. The molecule has 0 unspecified atom stereocenters. The monoisotopic (exact) mass is 752 g/mol. The summed E-state index contributed by atoms with van der Waals surface area (Å²) in [5.74, 6) is 1.68. The number of aromatic amines is 2. The molecule has 0 aliphatic carbocycles. The van der Waals surface area contributed by atoms with Crippen LogP contribution in [0.1, 0.15) is 90.5 Å². The number of ether oxygens (including phenoxy) is 1. The fourth-order valence-corrected chi connectivity index (χ4v) is 7.95. The van der Waals surface area contributed by atoms with Crippen molar-refractivity contribution >= 4 is 23.8 Å². The smallest absolute Gasteiger partial charge is 0.410 e. The van der Waals surface area contributed by atoms with Gasteiger partial charge >= 0.3 is 6.09 Å². The van der Waals surface area contributed by atoms with Crippen molar-refractivity contribution in [3.05, 3.63) is 83.7 Å². The van der Waals surface area contributed by atoms with Crippen molar-refractivity contribution in [2.45, 2.75) is 90.4 Å². The molecule has 3 atom stereocenters. The summed E-state index contributed by atoms with van der Waals surface area (Å²) >= 11 is 1.83. The van der Waals surface area contributed by atoms with Crippen LogP contribution in [0.25, 0.3) is 33.6 Å².